The zero-order valence-electron chi connectivity index (χ0n) is 8.57. The molecule has 3 heteroatoms. The molecule has 0 aliphatic carbocycles. The van der Waals surface area contributed by atoms with Gasteiger partial charge in [0, 0.05) is 17.6 Å². The summed E-state index contributed by atoms with van der Waals surface area (Å²) in [4.78, 5) is 3.33. The van der Waals surface area contributed by atoms with Gasteiger partial charge in [0.1, 0.15) is 0 Å². The first-order valence-corrected chi connectivity index (χ1v) is 5.15. The average Bonchev–Trinajstić information content (AvgIpc) is 2.67. The largest absolute Gasteiger partial charge is 0.394 e. The molecule has 1 aromatic carbocycles. The Labute approximate surface area is 88.7 Å². The van der Waals surface area contributed by atoms with Crippen molar-refractivity contribution in [1.82, 2.24) is 4.98 Å². The van der Waals surface area contributed by atoms with Crippen LogP contribution in [0.3, 0.4) is 0 Å². The molecule has 0 bridgehead atoms. The fourth-order valence-electron chi connectivity index (χ4n) is 1.62. The summed E-state index contributed by atoms with van der Waals surface area (Å²) in [7, 11) is 0. The van der Waals surface area contributed by atoms with Crippen LogP contribution in [0.15, 0.2) is 30.3 Å². The lowest BCUT2D eigenvalue weighted by molar-refractivity contribution is 0.0941. The number of rotatable bonds is 5. The van der Waals surface area contributed by atoms with Crippen molar-refractivity contribution < 1.29 is 9.84 Å². The number of hydrogen-bond acceptors (Lipinski definition) is 2. The van der Waals surface area contributed by atoms with Crippen molar-refractivity contribution in [2.75, 3.05) is 19.8 Å². The van der Waals surface area contributed by atoms with E-state index in [1.54, 1.807) is 0 Å². The number of fused-ring (bicyclic) bond motifs is 1. The molecule has 0 spiro atoms. The van der Waals surface area contributed by atoms with Crippen LogP contribution in [-0.4, -0.2) is 29.9 Å². The van der Waals surface area contributed by atoms with Crippen molar-refractivity contribution >= 4 is 10.9 Å². The number of ether oxygens (including phenoxy) is 1. The van der Waals surface area contributed by atoms with Crippen LogP contribution in [0.1, 0.15) is 5.69 Å². The van der Waals surface area contributed by atoms with Gasteiger partial charge in [-0.05, 0) is 17.5 Å². The van der Waals surface area contributed by atoms with Crippen LogP contribution in [0.2, 0.25) is 0 Å². The Hall–Kier alpha value is -1.32. The molecule has 0 radical (unpaired) electrons. The average molecular weight is 205 g/mol. The molecule has 0 aliphatic rings. The predicted octanol–water partition coefficient (Wildman–Crippen LogP) is 1.72. The van der Waals surface area contributed by atoms with E-state index in [9.17, 15) is 0 Å². The van der Waals surface area contributed by atoms with Crippen LogP contribution in [-0.2, 0) is 11.2 Å². The molecule has 0 fully saturated rings. The van der Waals surface area contributed by atoms with Gasteiger partial charge >= 0.3 is 0 Å². The van der Waals surface area contributed by atoms with Gasteiger partial charge in [0.15, 0.2) is 0 Å². The van der Waals surface area contributed by atoms with E-state index >= 15 is 0 Å². The molecule has 0 saturated carbocycles. The number of aromatic amines is 1. The number of para-hydroxylation sites is 1. The van der Waals surface area contributed by atoms with Crippen LogP contribution < -0.4 is 0 Å². The first-order chi connectivity index (χ1) is 7.40. The molecule has 0 amide bonds. The van der Waals surface area contributed by atoms with Gasteiger partial charge in [0.05, 0.1) is 19.8 Å². The lowest BCUT2D eigenvalue weighted by Gasteiger charge is -1.99. The first kappa shape index (κ1) is 10.2. The Morgan fingerprint density at radius 3 is 2.87 bits per heavy atom. The highest BCUT2D eigenvalue weighted by molar-refractivity contribution is 5.80. The number of H-pyrrole nitrogens is 1. The molecule has 80 valence electrons. The highest BCUT2D eigenvalue weighted by atomic mass is 16.5. The van der Waals surface area contributed by atoms with Crippen molar-refractivity contribution in [2.24, 2.45) is 0 Å². The fourth-order valence-corrected chi connectivity index (χ4v) is 1.62. The Kier molecular flexibility index (Phi) is 3.37. The Bertz CT molecular complexity index is 389. The smallest absolute Gasteiger partial charge is 0.0697 e. The van der Waals surface area contributed by atoms with Crippen molar-refractivity contribution in [3.8, 4) is 0 Å². The summed E-state index contributed by atoms with van der Waals surface area (Å²) in [5.41, 5.74) is 2.34. The summed E-state index contributed by atoms with van der Waals surface area (Å²) in [6.45, 7) is 1.15. The molecule has 15 heavy (non-hydrogen) atoms. The van der Waals surface area contributed by atoms with Gasteiger partial charge in [0.25, 0.3) is 0 Å². The standard InChI is InChI=1S/C12H15NO2/c14-6-8-15-7-5-11-9-10-3-1-2-4-12(10)13-11/h1-4,9,13-14H,5-8H2. The normalized spacial score (nSPS) is 11.0. The van der Waals surface area contributed by atoms with Crippen LogP contribution in [0.25, 0.3) is 10.9 Å². The molecule has 0 aliphatic heterocycles. The van der Waals surface area contributed by atoms with E-state index in [-0.39, 0.29) is 6.61 Å². The zero-order chi connectivity index (χ0) is 10.5. The molecule has 3 nitrogen and oxygen atoms in total. The van der Waals surface area contributed by atoms with Crippen LogP contribution in [0.5, 0.6) is 0 Å². The molecular formula is C12H15NO2. The minimum atomic E-state index is 0.0900. The lowest BCUT2D eigenvalue weighted by atomic mass is 10.2. The third-order valence-electron chi connectivity index (χ3n) is 2.34. The fraction of sp³-hybridized carbons (Fsp3) is 0.333. The van der Waals surface area contributed by atoms with E-state index in [4.69, 9.17) is 9.84 Å². The first-order valence-electron chi connectivity index (χ1n) is 5.15. The SMILES string of the molecule is OCCOCCc1cc2ccccc2[nH]1. The predicted molar refractivity (Wildman–Crippen MR) is 59.9 cm³/mol. The summed E-state index contributed by atoms with van der Waals surface area (Å²) in [6.07, 6.45) is 0.856. The van der Waals surface area contributed by atoms with E-state index in [0.717, 1.165) is 11.9 Å². The number of hydrogen-bond donors (Lipinski definition) is 2. The van der Waals surface area contributed by atoms with Gasteiger partial charge in [-0.25, -0.2) is 0 Å². The van der Waals surface area contributed by atoms with Gasteiger partial charge < -0.3 is 14.8 Å². The second kappa shape index (κ2) is 4.96. The van der Waals surface area contributed by atoms with Gasteiger partial charge in [-0.3, -0.25) is 0 Å². The summed E-state index contributed by atoms with van der Waals surface area (Å²) in [5, 5.41) is 9.78. The maximum Gasteiger partial charge on any atom is 0.0697 e. The third kappa shape index (κ3) is 2.58. The van der Waals surface area contributed by atoms with Crippen molar-refractivity contribution in [1.29, 1.82) is 0 Å². The molecule has 0 atom stereocenters. The highest BCUT2D eigenvalue weighted by Gasteiger charge is 1.99. The second-order valence-electron chi connectivity index (χ2n) is 3.47. The van der Waals surface area contributed by atoms with Crippen molar-refractivity contribution in [2.45, 2.75) is 6.42 Å². The van der Waals surface area contributed by atoms with E-state index < -0.39 is 0 Å². The Balaban J connectivity index is 1.97. The molecule has 1 heterocycles. The van der Waals surface area contributed by atoms with E-state index in [1.807, 2.05) is 12.1 Å². The maximum atomic E-state index is 8.54. The number of aliphatic hydroxyl groups is 1. The molecule has 0 saturated heterocycles. The summed E-state index contributed by atoms with van der Waals surface area (Å²) < 4.78 is 5.21. The molecule has 1 aromatic heterocycles. The summed E-state index contributed by atoms with van der Waals surface area (Å²) in [5.74, 6) is 0. The molecule has 2 rings (SSSR count). The number of benzene rings is 1. The Morgan fingerprint density at radius 1 is 1.20 bits per heavy atom. The quantitative estimate of drug-likeness (QED) is 0.730. The Morgan fingerprint density at radius 2 is 2.07 bits per heavy atom. The van der Waals surface area contributed by atoms with Crippen LogP contribution in [0.4, 0.5) is 0 Å². The molecule has 2 aromatic rings. The highest BCUT2D eigenvalue weighted by Crippen LogP contribution is 2.14. The van der Waals surface area contributed by atoms with Gasteiger partial charge in [-0.1, -0.05) is 18.2 Å². The molecule has 2 N–H and O–H groups in total. The molecular weight excluding hydrogens is 190 g/mol. The lowest BCUT2D eigenvalue weighted by Crippen LogP contribution is -2.03. The zero-order valence-corrected chi connectivity index (χ0v) is 8.57. The van der Waals surface area contributed by atoms with E-state index in [1.165, 1.54) is 11.1 Å². The number of aromatic nitrogens is 1. The maximum absolute atomic E-state index is 8.54. The topological polar surface area (TPSA) is 45.2 Å². The van der Waals surface area contributed by atoms with Crippen LogP contribution >= 0.6 is 0 Å². The number of nitrogens with one attached hydrogen (secondary N) is 1. The molecule has 0 unspecified atom stereocenters. The summed E-state index contributed by atoms with van der Waals surface area (Å²) >= 11 is 0. The van der Waals surface area contributed by atoms with E-state index in [0.29, 0.717) is 13.2 Å². The van der Waals surface area contributed by atoms with Gasteiger partial charge in [-0.15, -0.1) is 0 Å². The number of aliphatic hydroxyl groups excluding tert-OH is 1. The van der Waals surface area contributed by atoms with Gasteiger partial charge in [0.2, 0.25) is 0 Å². The van der Waals surface area contributed by atoms with Crippen molar-refractivity contribution in [3.63, 3.8) is 0 Å². The second-order valence-corrected chi connectivity index (χ2v) is 3.47. The van der Waals surface area contributed by atoms with E-state index in [2.05, 4.69) is 23.2 Å². The van der Waals surface area contributed by atoms with Gasteiger partial charge in [-0.2, -0.15) is 0 Å². The summed E-state index contributed by atoms with van der Waals surface area (Å²) in [6, 6.07) is 10.3. The minimum Gasteiger partial charge on any atom is -0.394 e. The monoisotopic (exact) mass is 205 g/mol. The minimum absolute atomic E-state index is 0.0900. The third-order valence-corrected chi connectivity index (χ3v) is 2.34. The van der Waals surface area contributed by atoms with Crippen LogP contribution in [0, 0.1) is 0 Å². The van der Waals surface area contributed by atoms with Crippen molar-refractivity contribution in [3.05, 3.63) is 36.0 Å².